The number of hydrogen-bond acceptors (Lipinski definition) is 7. The molecule has 1 aromatic heterocycles. The Hall–Kier alpha value is -2.03. The lowest BCUT2D eigenvalue weighted by atomic mass is 10.2. The molecule has 0 spiro atoms. The van der Waals surface area contributed by atoms with Crippen LogP contribution in [-0.2, 0) is 27.8 Å². The van der Waals surface area contributed by atoms with Crippen molar-refractivity contribution in [3.05, 3.63) is 47.5 Å². The van der Waals surface area contributed by atoms with Gasteiger partial charge in [0, 0.05) is 18.4 Å². The van der Waals surface area contributed by atoms with E-state index in [2.05, 4.69) is 15.5 Å². The van der Waals surface area contributed by atoms with Crippen molar-refractivity contribution in [2.45, 2.75) is 18.2 Å². The predicted molar refractivity (Wildman–Crippen MR) is 85.7 cm³/mol. The van der Waals surface area contributed by atoms with Crippen LogP contribution in [-0.4, -0.2) is 43.1 Å². The summed E-state index contributed by atoms with van der Waals surface area (Å²) < 4.78 is 28.8. The Morgan fingerprint density at radius 3 is 2.57 bits per heavy atom. The number of hydrogen-bond donors (Lipinski definition) is 2. The molecule has 2 N–H and O–H groups in total. The summed E-state index contributed by atoms with van der Waals surface area (Å²) in [5.41, 5.74) is 1.59. The first-order chi connectivity index (χ1) is 11.0. The normalized spacial score (nSPS) is 11.4. The van der Waals surface area contributed by atoms with E-state index in [0.717, 1.165) is 11.8 Å². The van der Waals surface area contributed by atoms with E-state index in [1.165, 1.54) is 6.07 Å². The summed E-state index contributed by atoms with van der Waals surface area (Å²) >= 11 is 0. The van der Waals surface area contributed by atoms with Crippen molar-refractivity contribution in [3.8, 4) is 0 Å². The van der Waals surface area contributed by atoms with Gasteiger partial charge in [0.1, 0.15) is 0 Å². The lowest BCUT2D eigenvalue weighted by Crippen LogP contribution is -2.13. The lowest BCUT2D eigenvalue weighted by molar-refractivity contribution is 0.107. The molecule has 0 aliphatic rings. The number of nitrogens with zero attached hydrogens (tertiary/aromatic N) is 2. The monoisotopic (exact) mass is 337 g/mol. The predicted octanol–water partition coefficient (Wildman–Crippen LogP) is 1.00. The van der Waals surface area contributed by atoms with Crippen LogP contribution in [0.1, 0.15) is 11.1 Å². The van der Waals surface area contributed by atoms with Gasteiger partial charge in [-0.1, -0.05) is 30.3 Å². The van der Waals surface area contributed by atoms with Crippen LogP contribution in [0.25, 0.3) is 0 Å². The van der Waals surface area contributed by atoms with Crippen LogP contribution < -0.4 is 5.32 Å². The van der Waals surface area contributed by atoms with Crippen LogP contribution in [0.2, 0.25) is 0 Å². The van der Waals surface area contributed by atoms with Crippen LogP contribution in [0.5, 0.6) is 0 Å². The zero-order valence-corrected chi connectivity index (χ0v) is 13.6. The van der Waals surface area contributed by atoms with E-state index in [4.69, 9.17) is 9.84 Å². The Bertz CT molecular complexity index is 736. The van der Waals surface area contributed by atoms with Crippen LogP contribution in [0.3, 0.4) is 0 Å². The van der Waals surface area contributed by atoms with E-state index in [9.17, 15) is 8.42 Å². The molecule has 8 heteroatoms. The van der Waals surface area contributed by atoms with Crippen molar-refractivity contribution >= 4 is 15.7 Å². The minimum atomic E-state index is -3.45. The van der Waals surface area contributed by atoms with Gasteiger partial charge in [-0.3, -0.25) is 0 Å². The first kappa shape index (κ1) is 17.3. The fraction of sp³-hybridized carbons (Fsp3) is 0.333. The number of aliphatic hydroxyl groups excluding tert-OH is 1. The van der Waals surface area contributed by atoms with E-state index in [0.29, 0.717) is 24.5 Å². The molecular formula is C15H19N3O4S. The number of aliphatic hydroxyl groups is 1. The number of aromatic nitrogens is 2. The van der Waals surface area contributed by atoms with E-state index >= 15 is 0 Å². The van der Waals surface area contributed by atoms with Crippen LogP contribution in [0, 0.1) is 0 Å². The van der Waals surface area contributed by atoms with Gasteiger partial charge in [-0.05, 0) is 11.6 Å². The highest BCUT2D eigenvalue weighted by Gasteiger charge is 2.14. The Kier molecular flexibility index (Phi) is 6.03. The van der Waals surface area contributed by atoms with Gasteiger partial charge in [-0.2, -0.15) is 0 Å². The molecule has 1 heterocycles. The topological polar surface area (TPSA) is 101 Å². The maximum atomic E-state index is 11.6. The summed E-state index contributed by atoms with van der Waals surface area (Å²) in [5.74, 6) is 0.402. The maximum absolute atomic E-state index is 11.6. The van der Waals surface area contributed by atoms with Gasteiger partial charge in [0.05, 0.1) is 19.8 Å². The third kappa shape index (κ3) is 5.27. The summed E-state index contributed by atoms with van der Waals surface area (Å²) in [6.45, 7) is 0.802. The first-order valence-corrected chi connectivity index (χ1v) is 8.93. The molecule has 0 bridgehead atoms. The molecule has 2 aromatic rings. The van der Waals surface area contributed by atoms with Crippen LogP contribution >= 0.6 is 0 Å². The highest BCUT2D eigenvalue weighted by atomic mass is 32.2. The van der Waals surface area contributed by atoms with Gasteiger partial charge in [-0.15, -0.1) is 10.2 Å². The minimum Gasteiger partial charge on any atom is -0.395 e. The second-order valence-electron chi connectivity index (χ2n) is 4.96. The van der Waals surface area contributed by atoms with Gasteiger partial charge in [-0.25, -0.2) is 8.42 Å². The Morgan fingerprint density at radius 2 is 1.91 bits per heavy atom. The van der Waals surface area contributed by atoms with E-state index in [-0.39, 0.29) is 18.2 Å². The van der Waals surface area contributed by atoms with Gasteiger partial charge >= 0.3 is 0 Å². The molecule has 0 radical (unpaired) electrons. The smallest absolute Gasteiger partial charge is 0.194 e. The average molecular weight is 337 g/mol. The molecule has 2 rings (SSSR count). The second kappa shape index (κ2) is 8.00. The van der Waals surface area contributed by atoms with Gasteiger partial charge in [0.15, 0.2) is 20.7 Å². The number of benzene rings is 1. The summed E-state index contributed by atoms with van der Waals surface area (Å²) in [6.07, 6.45) is 1.08. The molecule has 0 saturated heterocycles. The molecule has 7 nitrogen and oxygen atoms in total. The van der Waals surface area contributed by atoms with Crippen molar-refractivity contribution < 1.29 is 18.3 Å². The van der Waals surface area contributed by atoms with Gasteiger partial charge in [0.2, 0.25) is 0 Å². The summed E-state index contributed by atoms with van der Waals surface area (Å²) in [4.78, 5) is 0. The molecule has 0 fully saturated rings. The van der Waals surface area contributed by atoms with Crippen molar-refractivity contribution in [2.75, 3.05) is 24.7 Å². The highest BCUT2D eigenvalue weighted by Crippen LogP contribution is 2.17. The zero-order valence-electron chi connectivity index (χ0n) is 12.8. The van der Waals surface area contributed by atoms with Crippen molar-refractivity contribution in [2.24, 2.45) is 0 Å². The van der Waals surface area contributed by atoms with Gasteiger partial charge in [0.25, 0.3) is 0 Å². The molecule has 0 aliphatic carbocycles. The number of rotatable bonds is 8. The van der Waals surface area contributed by atoms with E-state index in [1.807, 2.05) is 30.3 Å². The van der Waals surface area contributed by atoms with Crippen molar-refractivity contribution in [1.29, 1.82) is 0 Å². The Morgan fingerprint density at radius 1 is 1.17 bits per heavy atom. The molecular weight excluding hydrogens is 318 g/mol. The number of sulfone groups is 1. The summed E-state index contributed by atoms with van der Waals surface area (Å²) in [6, 6.07) is 11.1. The Balaban J connectivity index is 2.12. The number of nitrogens with one attached hydrogen (secondary N) is 1. The number of ether oxygens (including phenoxy) is 1. The molecule has 0 atom stereocenters. The average Bonchev–Trinajstić information content (AvgIpc) is 2.53. The molecule has 0 unspecified atom stereocenters. The van der Waals surface area contributed by atoms with Crippen molar-refractivity contribution in [1.82, 2.24) is 10.2 Å². The molecule has 0 aliphatic heterocycles. The fourth-order valence-corrected chi connectivity index (χ4v) is 2.42. The van der Waals surface area contributed by atoms with Crippen LogP contribution in [0.4, 0.5) is 5.82 Å². The first-order valence-electron chi connectivity index (χ1n) is 7.04. The lowest BCUT2D eigenvalue weighted by Gasteiger charge is -2.11. The third-order valence-corrected chi connectivity index (χ3v) is 3.96. The standard InChI is InChI=1S/C15H19N3O4S/c1-23(20,21)14-9-13(15(18-17-14)16-7-8-19)11-22-10-12-5-3-2-4-6-12/h2-6,9,19H,7-8,10-11H2,1H3,(H,16,18). The zero-order chi connectivity index (χ0) is 16.7. The van der Waals surface area contributed by atoms with E-state index in [1.54, 1.807) is 0 Å². The maximum Gasteiger partial charge on any atom is 0.194 e. The fourth-order valence-electron chi connectivity index (χ4n) is 1.88. The van der Waals surface area contributed by atoms with Crippen LogP contribution in [0.15, 0.2) is 41.4 Å². The largest absolute Gasteiger partial charge is 0.395 e. The Labute approximate surface area is 135 Å². The molecule has 1 aromatic carbocycles. The number of anilines is 1. The summed E-state index contributed by atoms with van der Waals surface area (Å²) in [5, 5.41) is 19.2. The quantitative estimate of drug-likeness (QED) is 0.741. The molecule has 0 amide bonds. The van der Waals surface area contributed by atoms with E-state index < -0.39 is 9.84 Å². The van der Waals surface area contributed by atoms with Crippen molar-refractivity contribution in [3.63, 3.8) is 0 Å². The third-order valence-electron chi connectivity index (χ3n) is 3.00. The SMILES string of the molecule is CS(=O)(=O)c1cc(COCc2ccccc2)c(NCCO)nn1. The van der Waals surface area contributed by atoms with Gasteiger partial charge < -0.3 is 15.2 Å². The highest BCUT2D eigenvalue weighted by molar-refractivity contribution is 7.90. The summed E-state index contributed by atoms with van der Waals surface area (Å²) in [7, 11) is -3.45. The second-order valence-corrected chi connectivity index (χ2v) is 6.92. The minimum absolute atomic E-state index is 0.0696. The molecule has 0 saturated carbocycles. The molecule has 23 heavy (non-hydrogen) atoms. The molecule has 124 valence electrons.